The molecule has 1 aliphatic rings. The van der Waals surface area contributed by atoms with Crippen molar-refractivity contribution in [3.8, 4) is 0 Å². The maximum absolute atomic E-state index is 13.4. The number of hydrogen-bond donors (Lipinski definition) is 0. The lowest BCUT2D eigenvalue weighted by Gasteiger charge is -2.11. The van der Waals surface area contributed by atoms with Gasteiger partial charge in [0.05, 0.1) is 26.2 Å². The van der Waals surface area contributed by atoms with Crippen LogP contribution in [0.1, 0.15) is 12.0 Å². The molecule has 0 spiro atoms. The van der Waals surface area contributed by atoms with Crippen molar-refractivity contribution < 1.29 is 23.4 Å². The molecule has 5 heteroatoms. The predicted molar refractivity (Wildman–Crippen MR) is 61.4 cm³/mol. The predicted octanol–water partition coefficient (Wildman–Crippen LogP) is 1.67. The molecular formula is C13H15FO4. The Morgan fingerprint density at radius 3 is 3.00 bits per heavy atom. The summed E-state index contributed by atoms with van der Waals surface area (Å²) in [5, 5.41) is 0. The van der Waals surface area contributed by atoms with Crippen LogP contribution in [-0.2, 0) is 25.4 Å². The van der Waals surface area contributed by atoms with E-state index in [9.17, 15) is 9.18 Å². The number of carbonyl (C=O) groups excluding carboxylic acids is 1. The molecule has 1 fully saturated rings. The summed E-state index contributed by atoms with van der Waals surface area (Å²) in [4.78, 5) is 11.1. The molecule has 1 aliphatic heterocycles. The van der Waals surface area contributed by atoms with Crippen LogP contribution in [0.2, 0.25) is 0 Å². The minimum atomic E-state index is -0.503. The van der Waals surface area contributed by atoms with Gasteiger partial charge >= 0.3 is 5.97 Å². The number of carbonyl (C=O) groups is 1. The van der Waals surface area contributed by atoms with Crippen LogP contribution in [0.15, 0.2) is 24.3 Å². The van der Waals surface area contributed by atoms with E-state index >= 15 is 0 Å². The fraction of sp³-hybridized carbons (Fsp3) is 0.462. The van der Waals surface area contributed by atoms with E-state index < -0.39 is 6.29 Å². The van der Waals surface area contributed by atoms with Gasteiger partial charge in [-0.25, -0.2) is 4.39 Å². The van der Waals surface area contributed by atoms with Crippen molar-refractivity contribution in [2.45, 2.75) is 25.2 Å². The molecule has 0 radical (unpaired) electrons. The first-order chi connectivity index (χ1) is 8.69. The molecule has 1 saturated heterocycles. The molecule has 2 atom stereocenters. The van der Waals surface area contributed by atoms with Crippen molar-refractivity contribution >= 4 is 5.97 Å². The monoisotopic (exact) mass is 254 g/mol. The second-order valence-electron chi connectivity index (χ2n) is 4.10. The second kappa shape index (κ2) is 5.93. The van der Waals surface area contributed by atoms with Crippen LogP contribution in [-0.4, -0.2) is 32.1 Å². The maximum Gasteiger partial charge on any atom is 0.308 e. The topological polar surface area (TPSA) is 44.8 Å². The van der Waals surface area contributed by atoms with Gasteiger partial charge in [0.25, 0.3) is 0 Å². The molecule has 0 aliphatic carbocycles. The Balaban J connectivity index is 1.86. The number of benzene rings is 1. The molecule has 2 unspecified atom stereocenters. The van der Waals surface area contributed by atoms with E-state index in [0.29, 0.717) is 18.6 Å². The third-order valence-electron chi connectivity index (χ3n) is 2.78. The summed E-state index contributed by atoms with van der Waals surface area (Å²) in [6.45, 7) is 0.328. The van der Waals surface area contributed by atoms with Crippen molar-refractivity contribution in [3.05, 3.63) is 35.6 Å². The summed E-state index contributed by atoms with van der Waals surface area (Å²) < 4.78 is 28.8. The minimum absolute atomic E-state index is 0.157. The number of halogens is 1. The van der Waals surface area contributed by atoms with E-state index in [1.165, 1.54) is 13.2 Å². The van der Waals surface area contributed by atoms with Crippen LogP contribution in [0.5, 0.6) is 0 Å². The second-order valence-corrected chi connectivity index (χ2v) is 4.10. The van der Waals surface area contributed by atoms with Gasteiger partial charge in [0, 0.05) is 6.42 Å². The zero-order valence-corrected chi connectivity index (χ0v) is 10.1. The number of esters is 1. The molecule has 2 rings (SSSR count). The number of ether oxygens (including phenoxy) is 3. The summed E-state index contributed by atoms with van der Waals surface area (Å²) in [6, 6.07) is 6.49. The highest BCUT2D eigenvalue weighted by Gasteiger charge is 2.28. The largest absolute Gasteiger partial charge is 0.469 e. The van der Waals surface area contributed by atoms with Gasteiger partial charge in [0.2, 0.25) is 0 Å². The Kier molecular flexibility index (Phi) is 4.28. The Labute approximate surface area is 105 Å². The number of methoxy groups -OCH3 is 1. The molecule has 0 saturated carbocycles. The quantitative estimate of drug-likeness (QED) is 0.767. The third kappa shape index (κ3) is 3.27. The van der Waals surface area contributed by atoms with Crippen LogP contribution in [0.3, 0.4) is 0 Å². The molecule has 4 nitrogen and oxygen atoms in total. The minimum Gasteiger partial charge on any atom is -0.469 e. The van der Waals surface area contributed by atoms with Crippen LogP contribution in [0.25, 0.3) is 0 Å². The first-order valence-electron chi connectivity index (χ1n) is 5.76. The third-order valence-corrected chi connectivity index (χ3v) is 2.78. The first-order valence-corrected chi connectivity index (χ1v) is 5.76. The van der Waals surface area contributed by atoms with Crippen molar-refractivity contribution in [3.63, 3.8) is 0 Å². The molecule has 0 amide bonds. The van der Waals surface area contributed by atoms with Gasteiger partial charge in [0.15, 0.2) is 6.29 Å². The lowest BCUT2D eigenvalue weighted by molar-refractivity contribution is -0.143. The zero-order valence-electron chi connectivity index (χ0n) is 10.1. The van der Waals surface area contributed by atoms with E-state index in [2.05, 4.69) is 4.74 Å². The van der Waals surface area contributed by atoms with Gasteiger partial charge in [-0.05, 0) is 11.6 Å². The van der Waals surface area contributed by atoms with Crippen molar-refractivity contribution in [2.75, 3.05) is 13.7 Å². The molecule has 1 heterocycles. The van der Waals surface area contributed by atoms with Crippen LogP contribution in [0, 0.1) is 5.82 Å². The average molecular weight is 254 g/mol. The summed E-state index contributed by atoms with van der Waals surface area (Å²) in [6.07, 6.45) is -0.319. The van der Waals surface area contributed by atoms with E-state index in [1.54, 1.807) is 18.2 Å². The van der Waals surface area contributed by atoms with Crippen LogP contribution in [0.4, 0.5) is 4.39 Å². The fourth-order valence-electron chi connectivity index (χ4n) is 1.83. The SMILES string of the molecule is COC(=O)CC1COC(Cc2ccccc2F)O1. The van der Waals surface area contributed by atoms with Crippen LogP contribution < -0.4 is 0 Å². The number of rotatable bonds is 4. The maximum atomic E-state index is 13.4. The number of hydrogen-bond acceptors (Lipinski definition) is 4. The first kappa shape index (κ1) is 13.0. The summed E-state index contributed by atoms with van der Waals surface area (Å²) >= 11 is 0. The molecule has 0 bridgehead atoms. The fourth-order valence-corrected chi connectivity index (χ4v) is 1.83. The summed E-state index contributed by atoms with van der Waals surface area (Å²) in [7, 11) is 1.33. The van der Waals surface area contributed by atoms with Crippen molar-refractivity contribution in [1.82, 2.24) is 0 Å². The zero-order chi connectivity index (χ0) is 13.0. The highest BCUT2D eigenvalue weighted by atomic mass is 19.1. The Hall–Kier alpha value is -1.46. The molecule has 0 aromatic heterocycles. The Morgan fingerprint density at radius 2 is 2.28 bits per heavy atom. The molecule has 1 aromatic rings. The molecular weight excluding hydrogens is 239 g/mol. The highest BCUT2D eigenvalue weighted by Crippen LogP contribution is 2.19. The van der Waals surface area contributed by atoms with Crippen molar-refractivity contribution in [1.29, 1.82) is 0 Å². The highest BCUT2D eigenvalue weighted by molar-refractivity contribution is 5.69. The normalized spacial score (nSPS) is 23.0. The van der Waals surface area contributed by atoms with Gasteiger partial charge < -0.3 is 14.2 Å². The standard InChI is InChI=1S/C13H15FO4/c1-16-12(15)7-10-8-17-13(18-10)6-9-4-2-3-5-11(9)14/h2-5,10,13H,6-8H2,1H3. The van der Waals surface area contributed by atoms with E-state index in [4.69, 9.17) is 9.47 Å². The average Bonchev–Trinajstić information content (AvgIpc) is 2.79. The van der Waals surface area contributed by atoms with Gasteiger partial charge in [-0.3, -0.25) is 4.79 Å². The Morgan fingerprint density at radius 1 is 1.50 bits per heavy atom. The summed E-state index contributed by atoms with van der Waals surface area (Å²) in [5.74, 6) is -0.615. The van der Waals surface area contributed by atoms with E-state index in [0.717, 1.165) is 0 Å². The molecule has 18 heavy (non-hydrogen) atoms. The lowest BCUT2D eigenvalue weighted by atomic mass is 10.1. The van der Waals surface area contributed by atoms with Gasteiger partial charge in [-0.15, -0.1) is 0 Å². The molecule has 98 valence electrons. The lowest BCUT2D eigenvalue weighted by Crippen LogP contribution is -2.19. The van der Waals surface area contributed by atoms with Crippen molar-refractivity contribution in [2.24, 2.45) is 0 Å². The molecule has 0 N–H and O–H groups in total. The van der Waals surface area contributed by atoms with Gasteiger partial charge in [0.1, 0.15) is 5.82 Å². The van der Waals surface area contributed by atoms with E-state index in [1.807, 2.05) is 0 Å². The molecule has 1 aromatic carbocycles. The van der Waals surface area contributed by atoms with E-state index in [-0.39, 0.29) is 24.3 Å². The summed E-state index contributed by atoms with van der Waals surface area (Å²) in [5.41, 5.74) is 0.543. The Bertz CT molecular complexity index is 421. The van der Waals surface area contributed by atoms with Gasteiger partial charge in [-0.2, -0.15) is 0 Å². The van der Waals surface area contributed by atoms with Crippen LogP contribution >= 0.6 is 0 Å². The smallest absolute Gasteiger partial charge is 0.308 e. The van der Waals surface area contributed by atoms with Gasteiger partial charge in [-0.1, -0.05) is 18.2 Å².